The summed E-state index contributed by atoms with van der Waals surface area (Å²) in [5.74, 6) is -2.96. The first kappa shape index (κ1) is 15.0. The summed E-state index contributed by atoms with van der Waals surface area (Å²) in [4.78, 5) is 0. The van der Waals surface area contributed by atoms with Gasteiger partial charge < -0.3 is 0 Å². The summed E-state index contributed by atoms with van der Waals surface area (Å²) in [5, 5.41) is -0.0164. The van der Waals surface area contributed by atoms with E-state index in [1.807, 2.05) is 0 Å². The minimum atomic E-state index is -2.57. The first-order valence-electron chi connectivity index (χ1n) is 6.34. The van der Waals surface area contributed by atoms with Crippen LogP contribution < -0.4 is 0 Å². The van der Waals surface area contributed by atoms with E-state index in [0.29, 0.717) is 23.4 Å². The molecule has 0 aliphatic heterocycles. The van der Waals surface area contributed by atoms with Crippen molar-refractivity contribution in [2.45, 2.75) is 43.4 Å². The van der Waals surface area contributed by atoms with Crippen LogP contribution in [0.2, 0.25) is 5.02 Å². The molecule has 1 aliphatic rings. The Morgan fingerprint density at radius 3 is 2.47 bits per heavy atom. The molecule has 1 aromatic rings. The van der Waals surface area contributed by atoms with E-state index in [9.17, 15) is 13.2 Å². The van der Waals surface area contributed by atoms with Crippen LogP contribution in [0, 0.1) is 11.7 Å². The molecule has 19 heavy (non-hydrogen) atoms. The third-order valence-electron chi connectivity index (χ3n) is 3.73. The zero-order chi connectivity index (χ0) is 14.0. The number of alkyl halides is 3. The van der Waals surface area contributed by atoms with Crippen molar-refractivity contribution in [3.8, 4) is 0 Å². The molecule has 0 bridgehead atoms. The fourth-order valence-electron chi connectivity index (χ4n) is 2.51. The lowest BCUT2D eigenvalue weighted by molar-refractivity contribution is -0.0460. The van der Waals surface area contributed by atoms with Gasteiger partial charge in [0.2, 0.25) is 5.92 Å². The second kappa shape index (κ2) is 5.92. The van der Waals surface area contributed by atoms with Crippen LogP contribution in [0.3, 0.4) is 0 Å². The van der Waals surface area contributed by atoms with Gasteiger partial charge in [-0.15, -0.1) is 11.6 Å². The molecule has 1 saturated carbocycles. The van der Waals surface area contributed by atoms with E-state index in [1.54, 1.807) is 6.07 Å². The highest BCUT2D eigenvalue weighted by Gasteiger charge is 2.37. The Morgan fingerprint density at radius 1 is 1.26 bits per heavy atom. The maximum Gasteiger partial charge on any atom is 0.248 e. The molecule has 106 valence electrons. The highest BCUT2D eigenvalue weighted by molar-refractivity contribution is 6.31. The molecule has 1 aliphatic carbocycles. The summed E-state index contributed by atoms with van der Waals surface area (Å²) in [5.41, 5.74) is 0.376. The van der Waals surface area contributed by atoms with Gasteiger partial charge in [0.05, 0.1) is 0 Å². The smallest absolute Gasteiger partial charge is 0.207 e. The highest BCUT2D eigenvalue weighted by Crippen LogP contribution is 2.39. The number of benzene rings is 1. The second-order valence-electron chi connectivity index (χ2n) is 5.11. The second-order valence-corrected chi connectivity index (χ2v) is 6.08. The normalized spacial score (nSPS) is 21.3. The minimum Gasteiger partial charge on any atom is -0.207 e. The summed E-state index contributed by atoms with van der Waals surface area (Å²) in [6.07, 6.45) is 0.779. The Balaban J connectivity index is 2.00. The lowest BCUT2D eigenvalue weighted by atomic mass is 9.83. The third kappa shape index (κ3) is 3.79. The molecule has 0 saturated heterocycles. The Bertz CT molecular complexity index is 418. The van der Waals surface area contributed by atoms with Gasteiger partial charge in [-0.1, -0.05) is 17.7 Å². The Morgan fingerprint density at radius 2 is 1.89 bits per heavy atom. The van der Waals surface area contributed by atoms with Crippen molar-refractivity contribution in [2.24, 2.45) is 5.92 Å². The molecule has 1 atom stereocenters. The summed E-state index contributed by atoms with van der Waals surface area (Å²) in [6, 6.07) is 4.48. The first-order chi connectivity index (χ1) is 8.89. The molecule has 0 heterocycles. The summed E-state index contributed by atoms with van der Waals surface area (Å²) in [6.45, 7) is 0. The molecule has 0 radical (unpaired) electrons. The Labute approximate surface area is 120 Å². The molecule has 2 rings (SSSR count). The average Bonchev–Trinajstić information content (AvgIpc) is 2.33. The number of hydrogen-bond acceptors (Lipinski definition) is 0. The van der Waals surface area contributed by atoms with Crippen molar-refractivity contribution < 1.29 is 13.2 Å². The van der Waals surface area contributed by atoms with E-state index in [-0.39, 0.29) is 36.4 Å². The van der Waals surface area contributed by atoms with Crippen molar-refractivity contribution in [1.82, 2.24) is 0 Å². The van der Waals surface area contributed by atoms with Gasteiger partial charge in [-0.05, 0) is 37.3 Å². The molecule has 1 aromatic carbocycles. The SMILES string of the molecule is Fc1cccc(Cl)c1CC(Cl)C1CCC(F)(F)CC1. The van der Waals surface area contributed by atoms with Gasteiger partial charge in [0.1, 0.15) is 5.82 Å². The molecule has 0 spiro atoms. The van der Waals surface area contributed by atoms with Crippen LogP contribution in [0.15, 0.2) is 18.2 Å². The largest absolute Gasteiger partial charge is 0.248 e. The van der Waals surface area contributed by atoms with E-state index in [0.717, 1.165) is 0 Å². The van der Waals surface area contributed by atoms with Gasteiger partial charge >= 0.3 is 0 Å². The van der Waals surface area contributed by atoms with Crippen molar-refractivity contribution in [1.29, 1.82) is 0 Å². The molecule has 1 fully saturated rings. The zero-order valence-electron chi connectivity index (χ0n) is 10.3. The lowest BCUT2D eigenvalue weighted by Crippen LogP contribution is -2.30. The van der Waals surface area contributed by atoms with Crippen LogP contribution in [0.1, 0.15) is 31.2 Å². The maximum atomic E-state index is 13.6. The van der Waals surface area contributed by atoms with E-state index >= 15 is 0 Å². The maximum absolute atomic E-state index is 13.6. The van der Waals surface area contributed by atoms with Gasteiger partial charge in [-0.25, -0.2) is 13.2 Å². The number of halogens is 5. The third-order valence-corrected chi connectivity index (χ3v) is 4.60. The predicted octanol–water partition coefficient (Wildman–Crippen LogP) is 5.45. The van der Waals surface area contributed by atoms with Gasteiger partial charge in [0, 0.05) is 28.8 Å². The number of hydrogen-bond donors (Lipinski definition) is 0. The van der Waals surface area contributed by atoms with Crippen LogP contribution in [-0.4, -0.2) is 11.3 Å². The van der Waals surface area contributed by atoms with E-state index < -0.39 is 5.92 Å². The highest BCUT2D eigenvalue weighted by atomic mass is 35.5. The van der Waals surface area contributed by atoms with Crippen LogP contribution in [0.25, 0.3) is 0 Å². The molecule has 0 N–H and O–H groups in total. The average molecular weight is 311 g/mol. The van der Waals surface area contributed by atoms with Gasteiger partial charge in [-0.2, -0.15) is 0 Å². The van der Waals surface area contributed by atoms with Crippen molar-refractivity contribution in [2.75, 3.05) is 0 Å². The Kier molecular flexibility index (Phi) is 4.67. The van der Waals surface area contributed by atoms with Gasteiger partial charge in [0.25, 0.3) is 0 Å². The van der Waals surface area contributed by atoms with Gasteiger partial charge in [-0.3, -0.25) is 0 Å². The molecule has 5 heteroatoms. The standard InChI is InChI=1S/C14H15Cl2F3/c15-11-2-1-3-13(17)10(11)8-12(16)9-4-6-14(18,19)7-5-9/h1-3,9,12H,4-8H2. The fourth-order valence-corrected chi connectivity index (χ4v) is 3.16. The summed E-state index contributed by atoms with van der Waals surface area (Å²) in [7, 11) is 0. The van der Waals surface area contributed by atoms with Crippen molar-refractivity contribution in [3.63, 3.8) is 0 Å². The van der Waals surface area contributed by atoms with Crippen molar-refractivity contribution >= 4 is 23.2 Å². The molecular formula is C14H15Cl2F3. The first-order valence-corrected chi connectivity index (χ1v) is 7.15. The van der Waals surface area contributed by atoms with Crippen LogP contribution >= 0.6 is 23.2 Å². The monoisotopic (exact) mass is 310 g/mol. The molecule has 0 aromatic heterocycles. The molecule has 1 unspecified atom stereocenters. The summed E-state index contributed by atoms with van der Waals surface area (Å²) >= 11 is 12.2. The van der Waals surface area contributed by atoms with E-state index in [2.05, 4.69) is 0 Å². The Hall–Kier alpha value is -0.410. The van der Waals surface area contributed by atoms with Crippen LogP contribution in [0.5, 0.6) is 0 Å². The van der Waals surface area contributed by atoms with E-state index in [4.69, 9.17) is 23.2 Å². The lowest BCUT2D eigenvalue weighted by Gasteiger charge is -2.31. The van der Waals surface area contributed by atoms with Crippen LogP contribution in [0.4, 0.5) is 13.2 Å². The fraction of sp³-hybridized carbons (Fsp3) is 0.571. The molecular weight excluding hydrogens is 296 g/mol. The quantitative estimate of drug-likeness (QED) is 0.651. The topological polar surface area (TPSA) is 0 Å². The zero-order valence-corrected chi connectivity index (χ0v) is 11.8. The van der Waals surface area contributed by atoms with Crippen molar-refractivity contribution in [3.05, 3.63) is 34.6 Å². The number of rotatable bonds is 3. The minimum absolute atomic E-state index is 0.00281. The molecule has 0 amide bonds. The van der Waals surface area contributed by atoms with E-state index in [1.165, 1.54) is 12.1 Å². The van der Waals surface area contributed by atoms with Crippen LogP contribution in [-0.2, 0) is 6.42 Å². The summed E-state index contributed by atoms with van der Waals surface area (Å²) < 4.78 is 39.8. The van der Waals surface area contributed by atoms with Gasteiger partial charge in [0.15, 0.2) is 0 Å². The predicted molar refractivity (Wildman–Crippen MR) is 71.7 cm³/mol. The molecule has 0 nitrogen and oxygen atoms in total.